The van der Waals surface area contributed by atoms with Gasteiger partial charge in [0, 0.05) is 5.56 Å². The first-order valence-electron chi connectivity index (χ1n) is 4.78. The van der Waals surface area contributed by atoms with Crippen molar-refractivity contribution >= 4 is 0 Å². The zero-order chi connectivity index (χ0) is 10.8. The van der Waals surface area contributed by atoms with E-state index in [9.17, 15) is 0 Å². The topological polar surface area (TPSA) is 35.3 Å². The normalized spacial score (nSPS) is 10.3. The number of oxazole rings is 1. The van der Waals surface area contributed by atoms with Crippen LogP contribution in [-0.4, -0.2) is 12.1 Å². The number of benzene rings is 1. The molecule has 0 N–H and O–H groups in total. The predicted molar refractivity (Wildman–Crippen MR) is 58.0 cm³/mol. The van der Waals surface area contributed by atoms with E-state index in [0.717, 1.165) is 22.6 Å². The highest BCUT2D eigenvalue weighted by molar-refractivity contribution is 5.57. The number of hydrogen-bond donors (Lipinski definition) is 0. The molecular weight excluding hydrogens is 190 g/mol. The van der Waals surface area contributed by atoms with Crippen LogP contribution in [0.4, 0.5) is 0 Å². The lowest BCUT2D eigenvalue weighted by atomic mass is 10.1. The summed E-state index contributed by atoms with van der Waals surface area (Å²) in [5.74, 6) is 1.53. The lowest BCUT2D eigenvalue weighted by molar-refractivity contribution is 0.411. The van der Waals surface area contributed by atoms with Crippen LogP contribution < -0.4 is 4.74 Å². The number of hydrogen-bond acceptors (Lipinski definition) is 3. The zero-order valence-corrected chi connectivity index (χ0v) is 9.07. The van der Waals surface area contributed by atoms with Gasteiger partial charge in [0.05, 0.1) is 12.8 Å². The number of aryl methyl sites for hydroxylation is 2. The molecule has 0 amide bonds. The van der Waals surface area contributed by atoms with Crippen LogP contribution in [0.1, 0.15) is 11.3 Å². The minimum atomic E-state index is 0.651. The Bertz CT molecular complexity index is 474. The van der Waals surface area contributed by atoms with Crippen LogP contribution in [0, 0.1) is 13.8 Å². The van der Waals surface area contributed by atoms with E-state index in [0.29, 0.717) is 5.89 Å². The molecule has 78 valence electrons. The molecule has 2 rings (SSSR count). The Hall–Kier alpha value is -1.77. The number of methoxy groups -OCH3 is 1. The van der Waals surface area contributed by atoms with E-state index in [1.807, 2.05) is 32.0 Å². The molecule has 0 saturated heterocycles. The molecule has 3 nitrogen and oxygen atoms in total. The van der Waals surface area contributed by atoms with Crippen LogP contribution in [0.3, 0.4) is 0 Å². The summed E-state index contributed by atoms with van der Waals surface area (Å²) in [5.41, 5.74) is 2.94. The maximum atomic E-state index is 5.33. The quantitative estimate of drug-likeness (QED) is 0.752. The molecule has 0 bridgehead atoms. The number of aromatic nitrogens is 1. The van der Waals surface area contributed by atoms with Crippen LogP contribution in [0.2, 0.25) is 0 Å². The van der Waals surface area contributed by atoms with E-state index >= 15 is 0 Å². The van der Waals surface area contributed by atoms with Crippen molar-refractivity contribution in [1.29, 1.82) is 0 Å². The van der Waals surface area contributed by atoms with Gasteiger partial charge in [0.15, 0.2) is 0 Å². The van der Waals surface area contributed by atoms with Gasteiger partial charge in [0.1, 0.15) is 12.0 Å². The fraction of sp³-hybridized carbons (Fsp3) is 0.250. The Balaban J connectivity index is 2.42. The second-order valence-electron chi connectivity index (χ2n) is 3.48. The Labute approximate surface area is 88.7 Å². The molecule has 0 fully saturated rings. The molecular formula is C12H13NO2. The van der Waals surface area contributed by atoms with Gasteiger partial charge < -0.3 is 9.15 Å². The Kier molecular flexibility index (Phi) is 2.46. The van der Waals surface area contributed by atoms with E-state index in [1.165, 1.54) is 0 Å². The third-order valence-electron chi connectivity index (χ3n) is 2.26. The first-order valence-corrected chi connectivity index (χ1v) is 4.78. The van der Waals surface area contributed by atoms with Gasteiger partial charge >= 0.3 is 0 Å². The predicted octanol–water partition coefficient (Wildman–Crippen LogP) is 2.97. The maximum Gasteiger partial charge on any atom is 0.226 e. The molecule has 0 saturated carbocycles. The molecule has 0 aliphatic heterocycles. The van der Waals surface area contributed by atoms with Crippen molar-refractivity contribution in [3.8, 4) is 17.2 Å². The molecule has 1 aromatic heterocycles. The molecule has 0 atom stereocenters. The molecule has 0 radical (unpaired) electrons. The monoisotopic (exact) mass is 203 g/mol. The van der Waals surface area contributed by atoms with E-state index < -0.39 is 0 Å². The fourth-order valence-corrected chi connectivity index (χ4v) is 1.50. The highest BCUT2D eigenvalue weighted by Gasteiger charge is 2.06. The van der Waals surface area contributed by atoms with E-state index in [-0.39, 0.29) is 0 Å². The molecule has 2 aromatic rings. The number of rotatable bonds is 2. The summed E-state index contributed by atoms with van der Waals surface area (Å²) >= 11 is 0. The van der Waals surface area contributed by atoms with Crippen LogP contribution in [-0.2, 0) is 0 Å². The Morgan fingerprint density at radius 1 is 1.27 bits per heavy atom. The summed E-state index contributed by atoms with van der Waals surface area (Å²) in [6.45, 7) is 3.90. The van der Waals surface area contributed by atoms with Crippen molar-refractivity contribution in [1.82, 2.24) is 4.98 Å². The van der Waals surface area contributed by atoms with Gasteiger partial charge in [0.25, 0.3) is 0 Å². The maximum absolute atomic E-state index is 5.33. The summed E-state index contributed by atoms with van der Waals surface area (Å²) < 4.78 is 10.5. The summed E-state index contributed by atoms with van der Waals surface area (Å²) in [5, 5.41) is 0. The minimum absolute atomic E-state index is 0.651. The van der Waals surface area contributed by atoms with Gasteiger partial charge in [-0.1, -0.05) is 0 Å². The molecule has 1 aromatic carbocycles. The molecule has 1 heterocycles. The number of nitrogens with zero attached hydrogens (tertiary/aromatic N) is 1. The fourth-order valence-electron chi connectivity index (χ4n) is 1.50. The Morgan fingerprint density at radius 2 is 2.07 bits per heavy atom. The third-order valence-corrected chi connectivity index (χ3v) is 2.26. The minimum Gasteiger partial charge on any atom is -0.496 e. The SMILES string of the molecule is COc1ccc(-c2nc(C)co2)cc1C. The summed E-state index contributed by atoms with van der Waals surface area (Å²) in [4.78, 5) is 4.27. The van der Waals surface area contributed by atoms with Crippen molar-refractivity contribution in [3.63, 3.8) is 0 Å². The van der Waals surface area contributed by atoms with E-state index in [1.54, 1.807) is 13.4 Å². The van der Waals surface area contributed by atoms with Crippen molar-refractivity contribution in [3.05, 3.63) is 35.7 Å². The van der Waals surface area contributed by atoms with Gasteiger partial charge in [0.2, 0.25) is 5.89 Å². The average Bonchev–Trinajstić information content (AvgIpc) is 2.65. The highest BCUT2D eigenvalue weighted by Crippen LogP contribution is 2.25. The smallest absolute Gasteiger partial charge is 0.226 e. The lowest BCUT2D eigenvalue weighted by Gasteiger charge is -2.04. The molecule has 3 heteroatoms. The average molecular weight is 203 g/mol. The Morgan fingerprint density at radius 3 is 2.60 bits per heavy atom. The van der Waals surface area contributed by atoms with Gasteiger partial charge in [-0.15, -0.1) is 0 Å². The lowest BCUT2D eigenvalue weighted by Crippen LogP contribution is -1.87. The second kappa shape index (κ2) is 3.77. The van der Waals surface area contributed by atoms with Crippen molar-refractivity contribution in [2.45, 2.75) is 13.8 Å². The zero-order valence-electron chi connectivity index (χ0n) is 9.07. The summed E-state index contributed by atoms with van der Waals surface area (Å²) in [6.07, 6.45) is 1.65. The van der Waals surface area contributed by atoms with Gasteiger partial charge in [-0.05, 0) is 37.6 Å². The second-order valence-corrected chi connectivity index (χ2v) is 3.48. The van der Waals surface area contributed by atoms with E-state index in [4.69, 9.17) is 9.15 Å². The number of ether oxygens (including phenoxy) is 1. The molecule has 0 aliphatic rings. The van der Waals surface area contributed by atoms with Gasteiger partial charge in [-0.2, -0.15) is 0 Å². The highest BCUT2D eigenvalue weighted by atomic mass is 16.5. The molecule has 0 spiro atoms. The van der Waals surface area contributed by atoms with Crippen LogP contribution >= 0.6 is 0 Å². The van der Waals surface area contributed by atoms with Crippen molar-refractivity contribution < 1.29 is 9.15 Å². The summed E-state index contributed by atoms with van der Waals surface area (Å²) in [7, 11) is 1.66. The van der Waals surface area contributed by atoms with Crippen molar-refractivity contribution in [2.75, 3.05) is 7.11 Å². The third kappa shape index (κ3) is 1.86. The summed E-state index contributed by atoms with van der Waals surface area (Å²) in [6, 6.07) is 5.87. The first-order chi connectivity index (χ1) is 7.20. The first kappa shape index (κ1) is 9.77. The van der Waals surface area contributed by atoms with Gasteiger partial charge in [-0.25, -0.2) is 4.98 Å². The van der Waals surface area contributed by atoms with E-state index in [2.05, 4.69) is 4.98 Å². The molecule has 0 unspecified atom stereocenters. The molecule has 0 aliphatic carbocycles. The van der Waals surface area contributed by atoms with Crippen LogP contribution in [0.15, 0.2) is 28.9 Å². The van der Waals surface area contributed by atoms with Crippen LogP contribution in [0.25, 0.3) is 11.5 Å². The van der Waals surface area contributed by atoms with Crippen molar-refractivity contribution in [2.24, 2.45) is 0 Å². The standard InChI is InChI=1S/C12H13NO2/c1-8-6-10(4-5-11(8)14-3)12-13-9(2)7-15-12/h4-7H,1-3H3. The van der Waals surface area contributed by atoms with Crippen LogP contribution in [0.5, 0.6) is 5.75 Å². The largest absolute Gasteiger partial charge is 0.496 e. The van der Waals surface area contributed by atoms with Gasteiger partial charge in [-0.3, -0.25) is 0 Å². The molecule has 15 heavy (non-hydrogen) atoms.